The molecule has 1 aromatic carbocycles. The summed E-state index contributed by atoms with van der Waals surface area (Å²) in [5.74, 6) is 0. The monoisotopic (exact) mass is 239 g/mol. The molecule has 5 heteroatoms. The molecule has 0 aliphatic carbocycles. The summed E-state index contributed by atoms with van der Waals surface area (Å²) in [5.41, 5.74) is 5.74. The predicted molar refractivity (Wildman–Crippen MR) is 55.5 cm³/mol. The van der Waals surface area contributed by atoms with E-state index in [4.69, 9.17) is 40.5 Å². The zero-order chi connectivity index (χ0) is 10.0. The number of benzene rings is 1. The molecular formula is C8H8Cl3NO. The van der Waals surface area contributed by atoms with Crippen LogP contribution in [0.25, 0.3) is 0 Å². The minimum atomic E-state index is -0.830. The van der Waals surface area contributed by atoms with E-state index in [1.807, 2.05) is 0 Å². The van der Waals surface area contributed by atoms with Crippen LogP contribution in [0.2, 0.25) is 15.1 Å². The molecule has 2 nitrogen and oxygen atoms in total. The Balaban J connectivity index is 3.20. The smallest absolute Gasteiger partial charge is 0.0927 e. The maximum atomic E-state index is 9.43. The lowest BCUT2D eigenvalue weighted by molar-refractivity contribution is 0.187. The van der Waals surface area contributed by atoms with Gasteiger partial charge < -0.3 is 10.8 Å². The van der Waals surface area contributed by atoms with Crippen LogP contribution in [0.3, 0.4) is 0 Å². The van der Waals surface area contributed by atoms with Crippen molar-refractivity contribution in [3.8, 4) is 0 Å². The highest BCUT2D eigenvalue weighted by molar-refractivity contribution is 6.43. The highest BCUT2D eigenvalue weighted by Gasteiger charge is 2.13. The van der Waals surface area contributed by atoms with Crippen LogP contribution < -0.4 is 5.73 Å². The molecule has 0 heterocycles. The topological polar surface area (TPSA) is 46.2 Å². The van der Waals surface area contributed by atoms with Crippen molar-refractivity contribution in [2.75, 3.05) is 6.54 Å². The highest BCUT2D eigenvalue weighted by Crippen LogP contribution is 2.32. The summed E-state index contributed by atoms with van der Waals surface area (Å²) in [5, 5.41) is 10.5. The number of halogens is 3. The summed E-state index contributed by atoms with van der Waals surface area (Å²) < 4.78 is 0. The Morgan fingerprint density at radius 1 is 1.31 bits per heavy atom. The molecule has 1 aromatic rings. The Morgan fingerprint density at radius 3 is 2.46 bits per heavy atom. The number of nitrogens with two attached hydrogens (primary N) is 1. The summed E-state index contributed by atoms with van der Waals surface area (Å²) in [6, 6.07) is 3.06. The van der Waals surface area contributed by atoms with Crippen molar-refractivity contribution in [2.24, 2.45) is 5.73 Å². The second-order valence-corrected chi connectivity index (χ2v) is 3.76. The van der Waals surface area contributed by atoms with Gasteiger partial charge in [0, 0.05) is 17.1 Å². The van der Waals surface area contributed by atoms with Gasteiger partial charge in [-0.15, -0.1) is 0 Å². The second kappa shape index (κ2) is 4.49. The maximum Gasteiger partial charge on any atom is 0.0927 e. The number of aliphatic hydroxyl groups is 1. The summed E-state index contributed by atoms with van der Waals surface area (Å²) >= 11 is 17.3. The molecule has 0 amide bonds. The van der Waals surface area contributed by atoms with Crippen molar-refractivity contribution in [1.29, 1.82) is 0 Å². The van der Waals surface area contributed by atoms with Crippen molar-refractivity contribution < 1.29 is 5.11 Å². The summed E-state index contributed by atoms with van der Waals surface area (Å²) in [6.45, 7) is 0.0798. The minimum absolute atomic E-state index is 0.0798. The van der Waals surface area contributed by atoms with E-state index in [1.165, 1.54) is 6.07 Å². The molecule has 0 fully saturated rings. The summed E-state index contributed by atoms with van der Waals surface area (Å²) in [6.07, 6.45) is -0.830. The molecule has 0 saturated heterocycles. The summed E-state index contributed by atoms with van der Waals surface area (Å²) in [4.78, 5) is 0. The minimum Gasteiger partial charge on any atom is -0.387 e. The van der Waals surface area contributed by atoms with E-state index in [-0.39, 0.29) is 6.54 Å². The maximum absolute atomic E-state index is 9.43. The van der Waals surface area contributed by atoms with E-state index >= 15 is 0 Å². The van der Waals surface area contributed by atoms with E-state index in [9.17, 15) is 5.11 Å². The van der Waals surface area contributed by atoms with Crippen molar-refractivity contribution in [1.82, 2.24) is 0 Å². The van der Waals surface area contributed by atoms with Crippen molar-refractivity contribution in [3.63, 3.8) is 0 Å². The fraction of sp³-hybridized carbons (Fsp3) is 0.250. The van der Waals surface area contributed by atoms with Gasteiger partial charge in [0.25, 0.3) is 0 Å². The zero-order valence-corrected chi connectivity index (χ0v) is 8.87. The van der Waals surface area contributed by atoms with Crippen molar-refractivity contribution in [2.45, 2.75) is 6.10 Å². The van der Waals surface area contributed by atoms with Gasteiger partial charge in [0.2, 0.25) is 0 Å². The molecule has 1 rings (SSSR count). The van der Waals surface area contributed by atoms with Gasteiger partial charge >= 0.3 is 0 Å². The Kier molecular flexibility index (Phi) is 3.83. The third-order valence-electron chi connectivity index (χ3n) is 1.60. The predicted octanol–water partition coefficient (Wildman–Crippen LogP) is 2.64. The Bertz CT molecular complexity index is 317. The Hall–Kier alpha value is 0.01000. The molecule has 1 atom stereocenters. The van der Waals surface area contributed by atoms with Crippen LogP contribution in [0.5, 0.6) is 0 Å². The SMILES string of the molecule is NCC(O)c1cc(Cl)cc(Cl)c1Cl. The van der Waals surface area contributed by atoms with E-state index in [0.717, 1.165) is 0 Å². The standard InChI is InChI=1S/C8H8Cl3NO/c9-4-1-5(7(13)3-12)8(11)6(10)2-4/h1-2,7,13H,3,12H2. The Morgan fingerprint density at radius 2 is 1.92 bits per heavy atom. The first kappa shape index (κ1) is 11.1. The molecule has 0 aliphatic heterocycles. The van der Waals surface area contributed by atoms with Crippen LogP contribution >= 0.6 is 34.8 Å². The van der Waals surface area contributed by atoms with Crippen LogP contribution in [-0.4, -0.2) is 11.7 Å². The molecule has 0 aromatic heterocycles. The first-order valence-electron chi connectivity index (χ1n) is 3.59. The first-order valence-corrected chi connectivity index (χ1v) is 4.72. The first-order chi connectivity index (χ1) is 6.06. The van der Waals surface area contributed by atoms with Gasteiger partial charge in [0.1, 0.15) is 0 Å². The lowest BCUT2D eigenvalue weighted by atomic mass is 10.1. The normalized spacial score (nSPS) is 13.0. The van der Waals surface area contributed by atoms with Crippen LogP contribution in [0.15, 0.2) is 12.1 Å². The quantitative estimate of drug-likeness (QED) is 0.781. The average Bonchev–Trinajstić information content (AvgIpc) is 2.10. The molecule has 3 N–H and O–H groups in total. The largest absolute Gasteiger partial charge is 0.387 e. The molecule has 13 heavy (non-hydrogen) atoms. The molecular weight excluding hydrogens is 232 g/mol. The lowest BCUT2D eigenvalue weighted by Gasteiger charge is -2.11. The molecule has 0 spiro atoms. The number of aliphatic hydroxyl groups excluding tert-OH is 1. The van der Waals surface area contributed by atoms with Gasteiger partial charge in [-0.3, -0.25) is 0 Å². The zero-order valence-electron chi connectivity index (χ0n) is 6.60. The van der Waals surface area contributed by atoms with Crippen LogP contribution in [0, 0.1) is 0 Å². The van der Waals surface area contributed by atoms with E-state index < -0.39 is 6.10 Å². The van der Waals surface area contributed by atoms with Crippen LogP contribution in [0.1, 0.15) is 11.7 Å². The number of hydrogen-bond acceptors (Lipinski definition) is 2. The lowest BCUT2D eigenvalue weighted by Crippen LogP contribution is -2.12. The van der Waals surface area contributed by atoms with Crippen molar-refractivity contribution >= 4 is 34.8 Å². The second-order valence-electron chi connectivity index (χ2n) is 2.54. The summed E-state index contributed by atoms with van der Waals surface area (Å²) in [7, 11) is 0. The third kappa shape index (κ3) is 2.48. The third-order valence-corrected chi connectivity index (χ3v) is 2.64. The average molecular weight is 241 g/mol. The van der Waals surface area contributed by atoms with E-state index in [2.05, 4.69) is 0 Å². The van der Waals surface area contributed by atoms with Crippen LogP contribution in [0.4, 0.5) is 0 Å². The molecule has 0 bridgehead atoms. The molecule has 0 saturated carbocycles. The number of rotatable bonds is 2. The van der Waals surface area contributed by atoms with Crippen molar-refractivity contribution in [3.05, 3.63) is 32.8 Å². The molecule has 0 aliphatic rings. The van der Waals surface area contributed by atoms with Gasteiger partial charge in [-0.05, 0) is 12.1 Å². The van der Waals surface area contributed by atoms with Gasteiger partial charge in [0.15, 0.2) is 0 Å². The van der Waals surface area contributed by atoms with Gasteiger partial charge in [0.05, 0.1) is 16.1 Å². The fourth-order valence-corrected chi connectivity index (χ4v) is 1.69. The van der Waals surface area contributed by atoms with Gasteiger partial charge in [-0.1, -0.05) is 34.8 Å². The van der Waals surface area contributed by atoms with Gasteiger partial charge in [-0.2, -0.15) is 0 Å². The molecule has 0 radical (unpaired) electrons. The Labute approximate surface area is 91.2 Å². The highest BCUT2D eigenvalue weighted by atomic mass is 35.5. The molecule has 72 valence electrons. The van der Waals surface area contributed by atoms with E-state index in [0.29, 0.717) is 20.6 Å². The van der Waals surface area contributed by atoms with E-state index in [1.54, 1.807) is 6.07 Å². The van der Waals surface area contributed by atoms with Gasteiger partial charge in [-0.25, -0.2) is 0 Å². The fourth-order valence-electron chi connectivity index (χ4n) is 0.945. The van der Waals surface area contributed by atoms with Crippen LogP contribution in [-0.2, 0) is 0 Å². The molecule has 1 unspecified atom stereocenters. The number of hydrogen-bond donors (Lipinski definition) is 2.